The summed E-state index contributed by atoms with van der Waals surface area (Å²) in [6.07, 6.45) is 0. The van der Waals surface area contributed by atoms with Gasteiger partial charge in [-0.15, -0.1) is 0 Å². The molecule has 0 aliphatic carbocycles. The first-order chi connectivity index (χ1) is 9.12. The minimum Gasteiger partial charge on any atom is -0.496 e. The van der Waals surface area contributed by atoms with Crippen LogP contribution in [0.3, 0.4) is 0 Å². The predicted octanol–water partition coefficient (Wildman–Crippen LogP) is 2.37. The second kappa shape index (κ2) is 8.37. The Kier molecular flexibility index (Phi) is 7.15. The molecule has 1 aromatic carbocycles. The zero-order valence-corrected chi connectivity index (χ0v) is 13.9. The Bertz CT molecular complexity index is 420. The van der Waals surface area contributed by atoms with Crippen molar-refractivity contribution >= 4 is 28.5 Å². The van der Waals surface area contributed by atoms with E-state index in [9.17, 15) is 4.79 Å². The molecule has 5 heteroatoms. The maximum Gasteiger partial charge on any atom is 0.251 e. The van der Waals surface area contributed by atoms with E-state index < -0.39 is 0 Å². The highest BCUT2D eigenvalue weighted by Gasteiger charge is 2.08. The lowest BCUT2D eigenvalue weighted by molar-refractivity contribution is 0.0949. The maximum absolute atomic E-state index is 12.0. The van der Waals surface area contributed by atoms with Crippen LogP contribution < -0.4 is 10.1 Å². The number of carbonyl (C=O) groups is 1. The van der Waals surface area contributed by atoms with Crippen molar-refractivity contribution in [2.45, 2.75) is 13.8 Å². The smallest absolute Gasteiger partial charge is 0.251 e. The van der Waals surface area contributed by atoms with E-state index in [-0.39, 0.29) is 5.91 Å². The standard InChI is InChI=1S/C14H21IN2O2/c1-4-17(5-2)9-8-16-14(18)11-6-7-13(19-3)12(15)10-11/h6-7,10H,4-5,8-9H2,1-3H3,(H,16,18)/i15-4. The number of halogens is 1. The third kappa shape index (κ3) is 4.99. The number of nitrogens with zero attached hydrogens (tertiary/aromatic N) is 1. The first kappa shape index (κ1) is 16.2. The van der Waals surface area contributed by atoms with Crippen LogP contribution in [-0.4, -0.2) is 44.1 Å². The normalized spacial score (nSPS) is 10.6. The van der Waals surface area contributed by atoms with Crippen LogP contribution in [0.4, 0.5) is 0 Å². The zero-order chi connectivity index (χ0) is 14.3. The van der Waals surface area contributed by atoms with Crippen LogP contribution in [0.5, 0.6) is 5.75 Å². The quantitative estimate of drug-likeness (QED) is 0.748. The Hall–Kier alpha value is -0.820. The van der Waals surface area contributed by atoms with E-state index in [0.717, 1.165) is 29.0 Å². The van der Waals surface area contributed by atoms with E-state index in [0.29, 0.717) is 12.1 Å². The zero-order valence-electron chi connectivity index (χ0n) is 11.7. The molecule has 4 nitrogen and oxygen atoms in total. The number of rotatable bonds is 7. The highest BCUT2D eigenvalue weighted by molar-refractivity contribution is 14.1. The van der Waals surface area contributed by atoms with E-state index in [2.05, 4.69) is 46.7 Å². The van der Waals surface area contributed by atoms with Crippen molar-refractivity contribution in [1.29, 1.82) is 0 Å². The second-order valence-electron chi connectivity index (χ2n) is 4.13. The van der Waals surface area contributed by atoms with Gasteiger partial charge in [-0.1, -0.05) is 13.8 Å². The van der Waals surface area contributed by atoms with E-state index in [1.165, 1.54) is 0 Å². The number of nitrogens with one attached hydrogen (secondary N) is 1. The van der Waals surface area contributed by atoms with Gasteiger partial charge in [0.1, 0.15) is 5.75 Å². The number of amides is 1. The van der Waals surface area contributed by atoms with Crippen molar-refractivity contribution in [2.75, 3.05) is 33.3 Å². The largest absolute Gasteiger partial charge is 0.496 e. The Morgan fingerprint density at radius 2 is 2.05 bits per heavy atom. The third-order valence-electron chi connectivity index (χ3n) is 3.02. The number of hydrogen-bond donors (Lipinski definition) is 1. The predicted molar refractivity (Wildman–Crippen MR) is 85.8 cm³/mol. The molecule has 0 radical (unpaired) electrons. The van der Waals surface area contributed by atoms with E-state index in [1.54, 1.807) is 13.2 Å². The highest BCUT2D eigenvalue weighted by atomic mass is 123. The number of hydrogen-bond acceptors (Lipinski definition) is 3. The fourth-order valence-electron chi connectivity index (χ4n) is 1.78. The monoisotopic (exact) mass is 372 g/mol. The molecule has 1 rings (SSSR count). The summed E-state index contributed by atoms with van der Waals surface area (Å²) >= 11 is 2.17. The number of benzene rings is 1. The number of carbonyl (C=O) groups excluding carboxylic acids is 1. The minimum absolute atomic E-state index is 0.0345. The van der Waals surface area contributed by atoms with Gasteiger partial charge < -0.3 is 15.0 Å². The van der Waals surface area contributed by atoms with Crippen LogP contribution in [0.1, 0.15) is 24.2 Å². The molecule has 1 N–H and O–H groups in total. The van der Waals surface area contributed by atoms with Crippen LogP contribution in [-0.2, 0) is 0 Å². The lowest BCUT2D eigenvalue weighted by Crippen LogP contribution is -2.34. The minimum atomic E-state index is -0.0345. The molecule has 0 aliphatic rings. The Morgan fingerprint density at radius 3 is 2.58 bits per heavy atom. The highest BCUT2D eigenvalue weighted by Crippen LogP contribution is 2.21. The van der Waals surface area contributed by atoms with Crippen molar-refractivity contribution in [2.24, 2.45) is 0 Å². The van der Waals surface area contributed by atoms with Crippen molar-refractivity contribution in [3.05, 3.63) is 27.3 Å². The van der Waals surface area contributed by atoms with Gasteiger partial charge in [0, 0.05) is 18.7 Å². The summed E-state index contributed by atoms with van der Waals surface area (Å²) in [5, 5.41) is 2.94. The molecule has 0 fully saturated rings. The molecule has 0 saturated carbocycles. The van der Waals surface area contributed by atoms with Gasteiger partial charge in [0.25, 0.3) is 5.91 Å². The van der Waals surface area contributed by atoms with Crippen molar-refractivity contribution in [3.63, 3.8) is 0 Å². The number of likely N-dealkylation sites (N-methyl/N-ethyl adjacent to an activating group) is 1. The molecule has 0 saturated heterocycles. The molecule has 0 aromatic heterocycles. The summed E-state index contributed by atoms with van der Waals surface area (Å²) in [6.45, 7) is 7.81. The average molecular weight is 372 g/mol. The second-order valence-corrected chi connectivity index (χ2v) is 5.29. The molecule has 0 heterocycles. The first-order valence-corrected chi connectivity index (χ1v) is 7.54. The van der Waals surface area contributed by atoms with Crippen LogP contribution in [0.2, 0.25) is 0 Å². The van der Waals surface area contributed by atoms with E-state index in [1.807, 2.05) is 12.1 Å². The van der Waals surface area contributed by atoms with Crippen LogP contribution in [0.15, 0.2) is 18.2 Å². The molecule has 19 heavy (non-hydrogen) atoms. The molecule has 1 aromatic rings. The number of ether oxygens (including phenoxy) is 1. The van der Waals surface area contributed by atoms with Crippen LogP contribution in [0.25, 0.3) is 0 Å². The lowest BCUT2D eigenvalue weighted by Gasteiger charge is -2.18. The van der Waals surface area contributed by atoms with Crippen molar-refractivity contribution in [3.8, 4) is 5.75 Å². The molecule has 106 valence electrons. The fourth-order valence-corrected chi connectivity index (χ4v) is 2.51. The van der Waals surface area contributed by atoms with Gasteiger partial charge in [-0.3, -0.25) is 4.79 Å². The van der Waals surface area contributed by atoms with Crippen LogP contribution in [0, 0.1) is 3.57 Å². The molecule has 0 atom stereocenters. The first-order valence-electron chi connectivity index (χ1n) is 6.46. The summed E-state index contributed by atoms with van der Waals surface area (Å²) in [4.78, 5) is 14.3. The van der Waals surface area contributed by atoms with Crippen molar-refractivity contribution < 1.29 is 9.53 Å². The van der Waals surface area contributed by atoms with E-state index >= 15 is 0 Å². The molecule has 1 amide bonds. The SMILES string of the molecule is CCN(CC)CCNC(=O)c1ccc(OC)c([123I])c1. The molecule has 0 unspecified atom stereocenters. The summed E-state index contributed by atoms with van der Waals surface area (Å²) in [5.74, 6) is 0.757. The Balaban J connectivity index is 2.52. The number of methoxy groups -OCH3 is 1. The fraction of sp³-hybridized carbons (Fsp3) is 0.500. The maximum atomic E-state index is 12.0. The van der Waals surface area contributed by atoms with Gasteiger partial charge in [-0.25, -0.2) is 0 Å². The average Bonchev–Trinajstić information content (AvgIpc) is 2.43. The summed E-state index contributed by atoms with van der Waals surface area (Å²) in [6, 6.07) is 5.45. The molecule has 0 bridgehead atoms. The van der Waals surface area contributed by atoms with Gasteiger partial charge in [0.2, 0.25) is 0 Å². The summed E-state index contributed by atoms with van der Waals surface area (Å²) in [5.41, 5.74) is 0.671. The topological polar surface area (TPSA) is 41.6 Å². The summed E-state index contributed by atoms with van der Waals surface area (Å²) < 4.78 is 6.12. The molecular weight excluding hydrogens is 351 g/mol. The molecule has 0 spiro atoms. The van der Waals surface area contributed by atoms with Gasteiger partial charge >= 0.3 is 0 Å². The Labute approximate surface area is 128 Å². The summed E-state index contributed by atoms with van der Waals surface area (Å²) in [7, 11) is 1.63. The van der Waals surface area contributed by atoms with Crippen molar-refractivity contribution in [1.82, 2.24) is 10.2 Å². The Morgan fingerprint density at radius 1 is 1.37 bits per heavy atom. The van der Waals surface area contributed by atoms with Gasteiger partial charge in [-0.05, 0) is 53.9 Å². The van der Waals surface area contributed by atoms with Crippen LogP contribution >= 0.6 is 22.6 Å². The van der Waals surface area contributed by atoms with Gasteiger partial charge in [0.15, 0.2) is 0 Å². The van der Waals surface area contributed by atoms with E-state index in [4.69, 9.17) is 4.74 Å². The van der Waals surface area contributed by atoms with Gasteiger partial charge in [-0.2, -0.15) is 0 Å². The lowest BCUT2D eigenvalue weighted by atomic mass is 10.2. The van der Waals surface area contributed by atoms with Gasteiger partial charge in [0.05, 0.1) is 10.7 Å². The third-order valence-corrected chi connectivity index (χ3v) is 3.87. The molecule has 0 aliphatic heterocycles. The molecular formula is C14H21IN2O2.